The van der Waals surface area contributed by atoms with E-state index < -0.39 is 0 Å². The van der Waals surface area contributed by atoms with Crippen LogP contribution >= 0.6 is 0 Å². The SMILES string of the molecule is CN(C)C(=O)CN1CCC(NCCCC(N)=O)CC1. The molecule has 0 aromatic carbocycles. The minimum absolute atomic E-state index is 0.160. The summed E-state index contributed by atoms with van der Waals surface area (Å²) in [6.07, 6.45) is 3.35. The number of hydrogen-bond donors (Lipinski definition) is 2. The fourth-order valence-corrected chi connectivity index (χ4v) is 2.20. The zero-order valence-corrected chi connectivity index (χ0v) is 12.0. The van der Waals surface area contributed by atoms with Crippen LogP contribution in [0.2, 0.25) is 0 Å². The lowest BCUT2D eigenvalue weighted by atomic mass is 10.0. The molecule has 0 radical (unpaired) electrons. The zero-order valence-electron chi connectivity index (χ0n) is 12.0. The molecule has 0 aromatic rings. The molecule has 1 fully saturated rings. The quantitative estimate of drug-likeness (QED) is 0.605. The van der Waals surface area contributed by atoms with Crippen molar-refractivity contribution in [3.63, 3.8) is 0 Å². The molecule has 0 unspecified atom stereocenters. The number of nitrogens with zero attached hydrogens (tertiary/aromatic N) is 2. The van der Waals surface area contributed by atoms with Crippen LogP contribution in [-0.4, -0.2) is 67.9 Å². The molecular weight excluding hydrogens is 244 g/mol. The predicted molar refractivity (Wildman–Crippen MR) is 74.6 cm³/mol. The van der Waals surface area contributed by atoms with Gasteiger partial charge in [0, 0.05) is 39.6 Å². The van der Waals surface area contributed by atoms with Crippen LogP contribution in [0.4, 0.5) is 0 Å². The third-order valence-corrected chi connectivity index (χ3v) is 3.48. The largest absolute Gasteiger partial charge is 0.370 e. The van der Waals surface area contributed by atoms with E-state index in [0.29, 0.717) is 19.0 Å². The standard InChI is InChI=1S/C13H26N4O2/c1-16(2)13(19)10-17-8-5-11(6-9-17)15-7-3-4-12(14)18/h11,15H,3-10H2,1-2H3,(H2,14,18). The molecule has 6 nitrogen and oxygen atoms in total. The zero-order chi connectivity index (χ0) is 14.3. The van der Waals surface area contributed by atoms with E-state index in [1.54, 1.807) is 19.0 Å². The Balaban J connectivity index is 2.11. The Hall–Kier alpha value is -1.14. The van der Waals surface area contributed by atoms with Crippen LogP contribution in [0, 0.1) is 0 Å². The maximum atomic E-state index is 11.6. The molecule has 19 heavy (non-hydrogen) atoms. The van der Waals surface area contributed by atoms with Crippen LogP contribution in [0.5, 0.6) is 0 Å². The van der Waals surface area contributed by atoms with Crippen LogP contribution in [-0.2, 0) is 9.59 Å². The second kappa shape index (κ2) is 8.12. The molecule has 0 saturated carbocycles. The fraction of sp³-hybridized carbons (Fsp3) is 0.846. The summed E-state index contributed by atoms with van der Waals surface area (Å²) in [4.78, 5) is 26.0. The maximum Gasteiger partial charge on any atom is 0.236 e. The third kappa shape index (κ3) is 6.54. The second-order valence-electron chi connectivity index (χ2n) is 5.36. The highest BCUT2D eigenvalue weighted by molar-refractivity contribution is 5.77. The minimum Gasteiger partial charge on any atom is -0.370 e. The van der Waals surface area contributed by atoms with Crippen molar-refractivity contribution in [2.45, 2.75) is 31.7 Å². The molecule has 0 aromatic heterocycles. The van der Waals surface area contributed by atoms with Gasteiger partial charge in [0.25, 0.3) is 0 Å². The number of likely N-dealkylation sites (tertiary alicyclic amines) is 1. The summed E-state index contributed by atoms with van der Waals surface area (Å²) in [5, 5.41) is 3.44. The van der Waals surface area contributed by atoms with Crippen molar-refractivity contribution in [1.82, 2.24) is 15.1 Å². The monoisotopic (exact) mass is 270 g/mol. The van der Waals surface area contributed by atoms with E-state index in [-0.39, 0.29) is 11.8 Å². The van der Waals surface area contributed by atoms with E-state index in [0.717, 1.165) is 38.9 Å². The topological polar surface area (TPSA) is 78.7 Å². The molecular formula is C13H26N4O2. The van der Waals surface area contributed by atoms with Crippen molar-refractivity contribution < 1.29 is 9.59 Å². The van der Waals surface area contributed by atoms with E-state index in [1.165, 1.54) is 0 Å². The molecule has 1 saturated heterocycles. The predicted octanol–water partition coefficient (Wildman–Crippen LogP) is -0.606. The molecule has 6 heteroatoms. The Morgan fingerprint density at radius 3 is 2.47 bits per heavy atom. The van der Waals surface area contributed by atoms with Gasteiger partial charge < -0.3 is 16.0 Å². The van der Waals surface area contributed by atoms with Crippen LogP contribution in [0.15, 0.2) is 0 Å². The average Bonchev–Trinajstić information content (AvgIpc) is 2.36. The maximum absolute atomic E-state index is 11.6. The molecule has 1 aliphatic rings. The highest BCUT2D eigenvalue weighted by atomic mass is 16.2. The van der Waals surface area contributed by atoms with Gasteiger partial charge >= 0.3 is 0 Å². The number of carbonyl (C=O) groups is 2. The summed E-state index contributed by atoms with van der Waals surface area (Å²) >= 11 is 0. The van der Waals surface area contributed by atoms with Gasteiger partial charge in [-0.3, -0.25) is 14.5 Å². The van der Waals surface area contributed by atoms with Gasteiger partial charge in [-0.2, -0.15) is 0 Å². The van der Waals surface area contributed by atoms with Crippen LogP contribution in [0.25, 0.3) is 0 Å². The molecule has 2 amide bonds. The Morgan fingerprint density at radius 1 is 1.32 bits per heavy atom. The van der Waals surface area contributed by atoms with Gasteiger partial charge in [0.15, 0.2) is 0 Å². The first-order valence-corrected chi connectivity index (χ1v) is 6.93. The first kappa shape index (κ1) is 15.9. The number of carbonyl (C=O) groups excluding carboxylic acids is 2. The van der Waals surface area contributed by atoms with Crippen molar-refractivity contribution in [3.05, 3.63) is 0 Å². The van der Waals surface area contributed by atoms with Gasteiger partial charge in [-0.15, -0.1) is 0 Å². The number of primary amides is 1. The summed E-state index contributed by atoms with van der Waals surface area (Å²) in [5.74, 6) is -0.0771. The highest BCUT2D eigenvalue weighted by Gasteiger charge is 2.20. The van der Waals surface area contributed by atoms with E-state index in [9.17, 15) is 9.59 Å². The number of nitrogens with one attached hydrogen (secondary N) is 1. The van der Waals surface area contributed by atoms with Gasteiger partial charge in [0.2, 0.25) is 11.8 Å². The summed E-state index contributed by atoms with van der Waals surface area (Å²) in [6.45, 7) is 3.26. The minimum atomic E-state index is -0.237. The molecule has 1 heterocycles. The molecule has 110 valence electrons. The number of piperidine rings is 1. The summed E-state index contributed by atoms with van der Waals surface area (Å²) in [5.41, 5.74) is 5.09. The van der Waals surface area contributed by atoms with E-state index >= 15 is 0 Å². The van der Waals surface area contributed by atoms with Crippen molar-refractivity contribution in [2.75, 3.05) is 40.3 Å². The summed E-state index contributed by atoms with van der Waals surface area (Å²) in [6, 6.07) is 0.499. The molecule has 0 spiro atoms. The Labute approximate surface area is 115 Å². The molecule has 1 rings (SSSR count). The second-order valence-corrected chi connectivity index (χ2v) is 5.36. The number of rotatable bonds is 7. The van der Waals surface area contributed by atoms with Crippen LogP contribution in [0.1, 0.15) is 25.7 Å². The van der Waals surface area contributed by atoms with E-state index in [4.69, 9.17) is 5.73 Å². The Kier molecular flexibility index (Phi) is 6.80. The molecule has 0 atom stereocenters. The number of likely N-dealkylation sites (N-methyl/N-ethyl adjacent to an activating group) is 1. The average molecular weight is 270 g/mol. The molecule has 1 aliphatic heterocycles. The lowest BCUT2D eigenvalue weighted by Gasteiger charge is -2.32. The lowest BCUT2D eigenvalue weighted by Crippen LogP contribution is -2.46. The van der Waals surface area contributed by atoms with Gasteiger partial charge in [-0.1, -0.05) is 0 Å². The van der Waals surface area contributed by atoms with Gasteiger partial charge in [0.05, 0.1) is 6.54 Å². The normalized spacial score (nSPS) is 17.4. The number of amides is 2. The van der Waals surface area contributed by atoms with E-state index in [1.807, 2.05) is 0 Å². The molecule has 0 aliphatic carbocycles. The lowest BCUT2D eigenvalue weighted by molar-refractivity contribution is -0.130. The van der Waals surface area contributed by atoms with Gasteiger partial charge in [-0.25, -0.2) is 0 Å². The van der Waals surface area contributed by atoms with Crippen molar-refractivity contribution >= 4 is 11.8 Å². The van der Waals surface area contributed by atoms with Crippen molar-refractivity contribution in [1.29, 1.82) is 0 Å². The first-order chi connectivity index (χ1) is 8.99. The van der Waals surface area contributed by atoms with Gasteiger partial charge in [-0.05, 0) is 25.8 Å². The number of nitrogens with two attached hydrogens (primary N) is 1. The Morgan fingerprint density at radius 2 is 1.95 bits per heavy atom. The third-order valence-electron chi connectivity index (χ3n) is 3.48. The van der Waals surface area contributed by atoms with Crippen molar-refractivity contribution in [2.24, 2.45) is 5.73 Å². The van der Waals surface area contributed by atoms with Crippen molar-refractivity contribution in [3.8, 4) is 0 Å². The van der Waals surface area contributed by atoms with Gasteiger partial charge in [0.1, 0.15) is 0 Å². The molecule has 3 N–H and O–H groups in total. The summed E-state index contributed by atoms with van der Waals surface area (Å²) in [7, 11) is 3.57. The molecule has 0 bridgehead atoms. The van der Waals surface area contributed by atoms with Crippen LogP contribution in [0.3, 0.4) is 0 Å². The fourth-order valence-electron chi connectivity index (χ4n) is 2.20. The Bertz CT molecular complexity index is 299. The van der Waals surface area contributed by atoms with E-state index in [2.05, 4.69) is 10.2 Å². The highest BCUT2D eigenvalue weighted by Crippen LogP contribution is 2.10. The summed E-state index contributed by atoms with van der Waals surface area (Å²) < 4.78 is 0. The van der Waals surface area contributed by atoms with Crippen LogP contribution < -0.4 is 11.1 Å². The smallest absolute Gasteiger partial charge is 0.236 e. The number of hydrogen-bond acceptors (Lipinski definition) is 4. The first-order valence-electron chi connectivity index (χ1n) is 6.93.